The molecule has 8 heavy (non-hydrogen) atoms. The first-order chi connectivity index (χ1) is 3.81. The summed E-state index contributed by atoms with van der Waals surface area (Å²) in [6, 6.07) is 0. The minimum Gasteiger partial charge on any atom is -0.250 e. The molecule has 0 amide bonds. The van der Waals surface area contributed by atoms with E-state index in [4.69, 9.17) is 23.2 Å². The van der Waals surface area contributed by atoms with E-state index in [-0.39, 0.29) is 0 Å². The standard InChI is InChI=1S/C4H4Cl2OS/c5-1-3-8(7)4-2-6/h1-4H/b3-1+,4-2+. The first-order valence-electron chi connectivity index (χ1n) is 1.74. The molecular weight excluding hydrogens is 167 g/mol. The van der Waals surface area contributed by atoms with Crippen LogP contribution in [0.2, 0.25) is 0 Å². The van der Waals surface area contributed by atoms with Crippen LogP contribution in [-0.4, -0.2) is 4.21 Å². The fourth-order valence-corrected chi connectivity index (χ4v) is 1.05. The van der Waals surface area contributed by atoms with Crippen LogP contribution in [0.25, 0.3) is 0 Å². The van der Waals surface area contributed by atoms with Gasteiger partial charge < -0.3 is 0 Å². The maximum atomic E-state index is 10.4. The van der Waals surface area contributed by atoms with E-state index in [1.54, 1.807) is 0 Å². The van der Waals surface area contributed by atoms with Crippen LogP contribution in [0.1, 0.15) is 0 Å². The van der Waals surface area contributed by atoms with E-state index in [1.807, 2.05) is 0 Å². The molecule has 0 heterocycles. The first kappa shape index (κ1) is 8.21. The molecule has 0 bridgehead atoms. The molecule has 4 heteroatoms. The Morgan fingerprint density at radius 2 is 1.50 bits per heavy atom. The third-order valence-electron chi connectivity index (χ3n) is 0.371. The average molecular weight is 171 g/mol. The quantitative estimate of drug-likeness (QED) is 0.622. The molecule has 0 spiro atoms. The third-order valence-corrected chi connectivity index (χ3v) is 1.73. The Hall–Kier alpha value is 0.210. The second-order valence-electron chi connectivity index (χ2n) is 0.853. The molecule has 0 aliphatic heterocycles. The highest BCUT2D eigenvalue weighted by Gasteiger charge is 1.79. The summed E-state index contributed by atoms with van der Waals surface area (Å²) in [7, 11) is -1.15. The lowest BCUT2D eigenvalue weighted by molar-refractivity contribution is 0.693. The van der Waals surface area contributed by atoms with E-state index in [9.17, 15) is 4.21 Å². The van der Waals surface area contributed by atoms with Gasteiger partial charge in [-0.25, -0.2) is 0 Å². The van der Waals surface area contributed by atoms with Crippen molar-refractivity contribution in [1.29, 1.82) is 0 Å². The Balaban J connectivity index is 3.66. The smallest absolute Gasteiger partial charge is 0.0720 e. The van der Waals surface area contributed by atoms with E-state index >= 15 is 0 Å². The Morgan fingerprint density at radius 3 is 1.75 bits per heavy atom. The van der Waals surface area contributed by atoms with Crippen molar-refractivity contribution < 1.29 is 4.21 Å². The van der Waals surface area contributed by atoms with Crippen LogP contribution in [0.15, 0.2) is 21.9 Å². The van der Waals surface area contributed by atoms with E-state index < -0.39 is 10.8 Å². The van der Waals surface area contributed by atoms with Crippen molar-refractivity contribution in [2.75, 3.05) is 0 Å². The van der Waals surface area contributed by atoms with Crippen LogP contribution in [0.5, 0.6) is 0 Å². The zero-order valence-electron chi connectivity index (χ0n) is 3.88. The van der Waals surface area contributed by atoms with Crippen LogP contribution >= 0.6 is 23.2 Å². The van der Waals surface area contributed by atoms with Gasteiger partial charge in [0.2, 0.25) is 0 Å². The molecule has 0 radical (unpaired) electrons. The lowest BCUT2D eigenvalue weighted by Crippen LogP contribution is -1.70. The first-order valence-corrected chi connectivity index (χ1v) is 3.89. The Morgan fingerprint density at radius 1 is 1.12 bits per heavy atom. The molecule has 0 fully saturated rings. The third kappa shape index (κ3) is 4.37. The predicted octanol–water partition coefficient (Wildman–Crippen LogP) is 2.16. The molecule has 0 aliphatic rings. The molecular formula is C4H4Cl2OS. The van der Waals surface area contributed by atoms with Gasteiger partial charge >= 0.3 is 0 Å². The minimum absolute atomic E-state index is 1.15. The number of hydrogen-bond donors (Lipinski definition) is 0. The van der Waals surface area contributed by atoms with Gasteiger partial charge in [-0.1, -0.05) is 23.2 Å². The lowest BCUT2D eigenvalue weighted by atomic mass is 11.2. The van der Waals surface area contributed by atoms with Gasteiger partial charge in [-0.3, -0.25) is 4.21 Å². The van der Waals surface area contributed by atoms with E-state index in [0.29, 0.717) is 0 Å². The predicted molar refractivity (Wildman–Crippen MR) is 38.1 cm³/mol. The maximum absolute atomic E-state index is 10.4. The summed E-state index contributed by atoms with van der Waals surface area (Å²) in [6.45, 7) is 0. The van der Waals surface area contributed by atoms with Gasteiger partial charge in [-0.05, 0) is 0 Å². The van der Waals surface area contributed by atoms with Gasteiger partial charge in [-0.2, -0.15) is 0 Å². The summed E-state index contributed by atoms with van der Waals surface area (Å²) in [4.78, 5) is 0. The maximum Gasteiger partial charge on any atom is 0.0720 e. The Bertz CT molecular complexity index is 116. The van der Waals surface area contributed by atoms with Crippen molar-refractivity contribution in [3.8, 4) is 0 Å². The zero-order valence-corrected chi connectivity index (χ0v) is 6.21. The van der Waals surface area contributed by atoms with Crippen LogP contribution in [0.3, 0.4) is 0 Å². The molecule has 0 atom stereocenters. The van der Waals surface area contributed by atoms with Crippen molar-refractivity contribution in [2.45, 2.75) is 0 Å². The molecule has 0 rings (SSSR count). The van der Waals surface area contributed by atoms with E-state index in [0.717, 1.165) is 0 Å². The summed E-state index contributed by atoms with van der Waals surface area (Å²) in [5.41, 5.74) is 2.38. The molecule has 0 aliphatic carbocycles. The summed E-state index contributed by atoms with van der Waals surface area (Å²) in [6.07, 6.45) is 0. The molecule has 0 aromatic heterocycles. The van der Waals surface area contributed by atoms with Gasteiger partial charge in [0.15, 0.2) is 0 Å². The molecule has 0 unspecified atom stereocenters. The SMILES string of the molecule is O=S(/C=C/Cl)/C=C/Cl. The monoisotopic (exact) mass is 170 g/mol. The second-order valence-corrected chi connectivity index (χ2v) is 2.56. The van der Waals surface area contributed by atoms with Crippen LogP contribution < -0.4 is 0 Å². The summed E-state index contributed by atoms with van der Waals surface area (Å²) >= 11 is 10.2. The van der Waals surface area contributed by atoms with Crippen LogP contribution in [0, 0.1) is 0 Å². The Kier molecular flexibility index (Phi) is 5.49. The number of hydrogen-bond acceptors (Lipinski definition) is 1. The number of rotatable bonds is 2. The minimum atomic E-state index is -1.15. The van der Waals surface area contributed by atoms with E-state index in [2.05, 4.69) is 0 Å². The highest BCUT2D eigenvalue weighted by atomic mass is 35.5. The molecule has 0 aromatic carbocycles. The molecule has 0 saturated heterocycles. The highest BCUT2D eigenvalue weighted by molar-refractivity contribution is 7.90. The van der Waals surface area contributed by atoms with Gasteiger partial charge in [-0.15, -0.1) is 0 Å². The van der Waals surface area contributed by atoms with Crippen LogP contribution in [-0.2, 0) is 10.8 Å². The zero-order chi connectivity index (χ0) is 6.41. The normalized spacial score (nSPS) is 12.4. The second kappa shape index (κ2) is 5.35. The summed E-state index contributed by atoms with van der Waals surface area (Å²) in [5, 5.41) is 2.64. The Labute approximate surface area is 60.4 Å². The van der Waals surface area contributed by atoms with Crippen molar-refractivity contribution in [1.82, 2.24) is 0 Å². The van der Waals surface area contributed by atoms with Crippen molar-refractivity contribution >= 4 is 34.0 Å². The lowest BCUT2D eigenvalue weighted by Gasteiger charge is -1.75. The van der Waals surface area contributed by atoms with Crippen molar-refractivity contribution in [2.24, 2.45) is 0 Å². The molecule has 0 aromatic rings. The van der Waals surface area contributed by atoms with Gasteiger partial charge in [0.05, 0.1) is 10.8 Å². The molecule has 0 saturated carbocycles. The molecule has 46 valence electrons. The highest BCUT2D eigenvalue weighted by Crippen LogP contribution is 1.90. The fourth-order valence-electron chi connectivity index (χ4n) is 0.147. The average Bonchev–Trinajstić information content (AvgIpc) is 1.68. The van der Waals surface area contributed by atoms with E-state index in [1.165, 1.54) is 21.9 Å². The van der Waals surface area contributed by atoms with Gasteiger partial charge in [0.25, 0.3) is 0 Å². The van der Waals surface area contributed by atoms with Crippen molar-refractivity contribution in [3.05, 3.63) is 21.9 Å². The molecule has 1 nitrogen and oxygen atoms in total. The van der Waals surface area contributed by atoms with Crippen molar-refractivity contribution in [3.63, 3.8) is 0 Å². The molecule has 0 N–H and O–H groups in total. The van der Waals surface area contributed by atoms with Gasteiger partial charge in [0.1, 0.15) is 0 Å². The van der Waals surface area contributed by atoms with Gasteiger partial charge in [0, 0.05) is 21.9 Å². The van der Waals surface area contributed by atoms with Crippen LogP contribution in [0.4, 0.5) is 0 Å². The number of halogens is 2. The fraction of sp³-hybridized carbons (Fsp3) is 0. The summed E-state index contributed by atoms with van der Waals surface area (Å²) in [5.74, 6) is 0. The largest absolute Gasteiger partial charge is 0.250 e. The summed E-state index contributed by atoms with van der Waals surface area (Å²) < 4.78 is 10.4. The topological polar surface area (TPSA) is 17.1 Å².